The van der Waals surface area contributed by atoms with Gasteiger partial charge in [0.25, 0.3) is 5.91 Å². The van der Waals surface area contributed by atoms with Crippen LogP contribution < -0.4 is 16.4 Å². The third-order valence-electron chi connectivity index (χ3n) is 4.40. The van der Waals surface area contributed by atoms with Crippen LogP contribution in [-0.4, -0.2) is 22.8 Å². The maximum absolute atomic E-state index is 12.8. The number of hydrogen-bond acceptors (Lipinski definition) is 4. The Labute approximate surface area is 178 Å². The predicted octanol–water partition coefficient (Wildman–Crippen LogP) is 4.19. The number of aromatic carboxylic acids is 1. The molecule has 3 aromatic rings. The van der Waals surface area contributed by atoms with E-state index in [4.69, 9.17) is 22.7 Å². The molecule has 0 heterocycles. The highest BCUT2D eigenvalue weighted by Gasteiger charge is 2.14. The number of amides is 1. The molecule has 8 heteroatoms. The maximum atomic E-state index is 12.8. The molecule has 0 aliphatic carbocycles. The summed E-state index contributed by atoms with van der Waals surface area (Å²) in [7, 11) is 0. The molecule has 0 saturated carbocycles. The fourth-order valence-electron chi connectivity index (χ4n) is 2.86. The molecule has 0 spiro atoms. The average molecular weight is 423 g/mol. The number of halogens is 1. The molecule has 152 valence electrons. The summed E-state index contributed by atoms with van der Waals surface area (Å²) in [6.07, 6.45) is 0. The number of carboxylic acids is 1. The molecule has 1 amide bonds. The van der Waals surface area contributed by atoms with Gasteiger partial charge in [0.15, 0.2) is 0 Å². The smallest absolute Gasteiger partial charge is 0.336 e. The van der Waals surface area contributed by atoms with Gasteiger partial charge in [0.2, 0.25) is 0 Å². The van der Waals surface area contributed by atoms with Crippen LogP contribution in [0.15, 0.2) is 66.7 Å². The monoisotopic (exact) mass is 422 g/mol. The van der Waals surface area contributed by atoms with Gasteiger partial charge in [-0.1, -0.05) is 29.8 Å². The van der Waals surface area contributed by atoms with E-state index in [1.165, 1.54) is 12.1 Å². The third kappa shape index (κ3) is 4.95. The molecule has 0 saturated heterocycles. The van der Waals surface area contributed by atoms with E-state index >= 15 is 0 Å². The van der Waals surface area contributed by atoms with Crippen molar-refractivity contribution in [2.45, 2.75) is 6.54 Å². The number of anilines is 2. The Bertz CT molecular complexity index is 1110. The van der Waals surface area contributed by atoms with Crippen molar-refractivity contribution in [3.05, 3.63) is 94.0 Å². The van der Waals surface area contributed by atoms with E-state index in [0.29, 0.717) is 33.1 Å². The van der Waals surface area contributed by atoms with Gasteiger partial charge in [0.05, 0.1) is 11.1 Å². The lowest BCUT2D eigenvalue weighted by molar-refractivity contribution is 0.0695. The van der Waals surface area contributed by atoms with Gasteiger partial charge in [-0.3, -0.25) is 10.2 Å². The second-order valence-corrected chi connectivity index (χ2v) is 6.89. The fraction of sp³-hybridized carbons (Fsp3) is 0.0455. The molecule has 0 aliphatic rings. The van der Waals surface area contributed by atoms with Crippen LogP contribution in [-0.2, 0) is 6.54 Å². The number of benzene rings is 3. The van der Waals surface area contributed by atoms with Gasteiger partial charge in [-0.25, -0.2) is 4.79 Å². The first-order valence-electron chi connectivity index (χ1n) is 8.95. The lowest BCUT2D eigenvalue weighted by Gasteiger charge is -2.14. The van der Waals surface area contributed by atoms with E-state index in [-0.39, 0.29) is 23.9 Å². The summed E-state index contributed by atoms with van der Waals surface area (Å²) < 4.78 is 0. The summed E-state index contributed by atoms with van der Waals surface area (Å²) in [5.41, 5.74) is 8.13. The molecular formula is C22H19ClN4O3. The van der Waals surface area contributed by atoms with Gasteiger partial charge < -0.3 is 21.5 Å². The molecule has 6 N–H and O–H groups in total. The number of carbonyl (C=O) groups excluding carboxylic acids is 1. The molecule has 3 aromatic carbocycles. The minimum absolute atomic E-state index is 0.0594. The lowest BCUT2D eigenvalue weighted by atomic mass is 10.1. The first-order chi connectivity index (χ1) is 14.3. The Kier molecular flexibility index (Phi) is 6.34. The van der Waals surface area contributed by atoms with Crippen molar-refractivity contribution in [2.24, 2.45) is 5.73 Å². The van der Waals surface area contributed by atoms with Crippen molar-refractivity contribution in [3.63, 3.8) is 0 Å². The summed E-state index contributed by atoms with van der Waals surface area (Å²) in [6.45, 7) is 0.220. The topological polar surface area (TPSA) is 128 Å². The average Bonchev–Trinajstić information content (AvgIpc) is 2.73. The SMILES string of the molecule is N=C(N)c1ccc(NC(=O)c2cc(Cl)ccc2NCc2ccccc2C(=O)O)cc1. The Morgan fingerprint density at radius 1 is 1.00 bits per heavy atom. The van der Waals surface area contributed by atoms with Gasteiger partial charge in [0.1, 0.15) is 5.84 Å². The minimum Gasteiger partial charge on any atom is -0.478 e. The Morgan fingerprint density at radius 2 is 1.70 bits per heavy atom. The van der Waals surface area contributed by atoms with Crippen molar-refractivity contribution < 1.29 is 14.7 Å². The second kappa shape index (κ2) is 9.11. The van der Waals surface area contributed by atoms with Crippen LogP contribution >= 0.6 is 11.6 Å². The summed E-state index contributed by atoms with van der Waals surface area (Å²) in [5.74, 6) is -1.46. The van der Waals surface area contributed by atoms with Crippen molar-refractivity contribution in [3.8, 4) is 0 Å². The van der Waals surface area contributed by atoms with Crippen molar-refractivity contribution in [2.75, 3.05) is 10.6 Å². The first kappa shape index (κ1) is 20.9. The van der Waals surface area contributed by atoms with Crippen molar-refractivity contribution in [1.29, 1.82) is 5.41 Å². The molecule has 0 aliphatic heterocycles. The molecule has 7 nitrogen and oxygen atoms in total. The van der Waals surface area contributed by atoms with Gasteiger partial charge in [-0.15, -0.1) is 0 Å². The fourth-order valence-corrected chi connectivity index (χ4v) is 3.04. The second-order valence-electron chi connectivity index (χ2n) is 6.45. The van der Waals surface area contributed by atoms with E-state index in [0.717, 1.165) is 0 Å². The van der Waals surface area contributed by atoms with Crippen LogP contribution in [0.2, 0.25) is 5.02 Å². The van der Waals surface area contributed by atoms with Crippen LogP contribution in [0.4, 0.5) is 11.4 Å². The number of rotatable bonds is 7. The molecule has 0 atom stereocenters. The zero-order valence-corrected chi connectivity index (χ0v) is 16.5. The van der Waals surface area contributed by atoms with E-state index in [1.807, 2.05) is 0 Å². The maximum Gasteiger partial charge on any atom is 0.336 e. The van der Waals surface area contributed by atoms with Gasteiger partial charge in [0, 0.05) is 28.5 Å². The van der Waals surface area contributed by atoms with E-state index in [2.05, 4.69) is 10.6 Å². The molecule has 30 heavy (non-hydrogen) atoms. The Morgan fingerprint density at radius 3 is 2.37 bits per heavy atom. The third-order valence-corrected chi connectivity index (χ3v) is 4.63. The van der Waals surface area contributed by atoms with Gasteiger partial charge in [-0.05, 0) is 54.1 Å². The molecule has 0 aromatic heterocycles. The number of amidine groups is 1. The number of carboxylic acid groups (broad SMARTS) is 1. The first-order valence-corrected chi connectivity index (χ1v) is 9.33. The van der Waals surface area contributed by atoms with Gasteiger partial charge >= 0.3 is 5.97 Å². The van der Waals surface area contributed by atoms with Gasteiger partial charge in [-0.2, -0.15) is 0 Å². The van der Waals surface area contributed by atoms with E-state index in [1.54, 1.807) is 54.6 Å². The minimum atomic E-state index is -1.02. The lowest BCUT2D eigenvalue weighted by Crippen LogP contribution is -2.16. The summed E-state index contributed by atoms with van der Waals surface area (Å²) in [4.78, 5) is 24.2. The van der Waals surface area contributed by atoms with Crippen molar-refractivity contribution in [1.82, 2.24) is 0 Å². The van der Waals surface area contributed by atoms with Crippen LogP contribution in [0.25, 0.3) is 0 Å². The highest BCUT2D eigenvalue weighted by molar-refractivity contribution is 6.31. The standard InChI is InChI=1S/C22H19ClN4O3/c23-15-7-10-19(26-12-14-3-1-2-4-17(14)22(29)30)18(11-15)21(28)27-16-8-5-13(6-9-16)20(24)25/h1-11,26H,12H2,(H3,24,25)(H,27,28)(H,29,30). The quantitative estimate of drug-likeness (QED) is 0.288. The predicted molar refractivity (Wildman–Crippen MR) is 118 cm³/mol. The molecular weight excluding hydrogens is 404 g/mol. The van der Waals surface area contributed by atoms with E-state index < -0.39 is 5.97 Å². The van der Waals surface area contributed by atoms with Crippen LogP contribution in [0.3, 0.4) is 0 Å². The summed E-state index contributed by atoms with van der Waals surface area (Å²) in [6, 6.07) is 18.1. The molecule has 3 rings (SSSR count). The molecule has 0 fully saturated rings. The zero-order chi connectivity index (χ0) is 21.7. The number of carbonyl (C=O) groups is 2. The molecule has 0 unspecified atom stereocenters. The zero-order valence-electron chi connectivity index (χ0n) is 15.8. The molecule has 0 radical (unpaired) electrons. The van der Waals surface area contributed by atoms with Crippen molar-refractivity contribution >= 4 is 40.7 Å². The summed E-state index contributed by atoms with van der Waals surface area (Å²) >= 11 is 6.08. The summed E-state index contributed by atoms with van der Waals surface area (Å²) in [5, 5.41) is 23.0. The molecule has 0 bridgehead atoms. The van der Waals surface area contributed by atoms with E-state index in [9.17, 15) is 14.7 Å². The Hall–Kier alpha value is -3.84. The van der Waals surface area contributed by atoms with Crippen LogP contribution in [0, 0.1) is 5.41 Å². The highest BCUT2D eigenvalue weighted by atomic mass is 35.5. The number of nitrogens with one attached hydrogen (secondary N) is 3. The number of nitrogens with two attached hydrogens (primary N) is 1. The largest absolute Gasteiger partial charge is 0.478 e. The normalized spacial score (nSPS) is 10.3. The Balaban J connectivity index is 1.80. The highest BCUT2D eigenvalue weighted by Crippen LogP contribution is 2.23. The van der Waals surface area contributed by atoms with Crippen LogP contribution in [0.1, 0.15) is 31.8 Å². The van der Waals surface area contributed by atoms with Crippen LogP contribution in [0.5, 0.6) is 0 Å². The number of hydrogen-bond donors (Lipinski definition) is 5. The number of nitrogen functional groups attached to an aromatic ring is 1.